The van der Waals surface area contributed by atoms with Crippen LogP contribution < -0.4 is 10.2 Å². The second kappa shape index (κ2) is 9.06. The van der Waals surface area contributed by atoms with Crippen molar-refractivity contribution in [1.82, 2.24) is 9.88 Å². The van der Waals surface area contributed by atoms with Crippen molar-refractivity contribution in [2.24, 2.45) is 0 Å². The van der Waals surface area contributed by atoms with Crippen LogP contribution in [0.5, 0.6) is 0 Å². The summed E-state index contributed by atoms with van der Waals surface area (Å²) in [5.41, 5.74) is 3.26. The van der Waals surface area contributed by atoms with E-state index in [1.165, 1.54) is 30.3 Å². The number of nitrogens with one attached hydrogen (secondary N) is 1. The number of carbonyl (C=O) groups excluding carboxylic acids is 2. The van der Waals surface area contributed by atoms with E-state index in [4.69, 9.17) is 40.5 Å². The lowest BCUT2D eigenvalue weighted by molar-refractivity contribution is -0.122. The minimum Gasteiger partial charge on any atom is -0.478 e. The van der Waals surface area contributed by atoms with Crippen LogP contribution >= 0.6 is 35.4 Å². The number of benzene rings is 2. The molecule has 0 atom stereocenters. The molecule has 1 aliphatic rings. The summed E-state index contributed by atoms with van der Waals surface area (Å²) in [5.74, 6) is -2.34. The lowest BCUT2D eigenvalue weighted by Gasteiger charge is -2.29. The zero-order valence-corrected chi connectivity index (χ0v) is 20.3. The highest BCUT2D eigenvalue weighted by Crippen LogP contribution is 2.30. The number of nitrogens with zero attached hydrogens (tertiary/aromatic N) is 2. The van der Waals surface area contributed by atoms with Crippen LogP contribution in [0.4, 0.5) is 5.69 Å². The summed E-state index contributed by atoms with van der Waals surface area (Å²) in [7, 11) is 0. The lowest BCUT2D eigenvalue weighted by Crippen LogP contribution is -2.54. The lowest BCUT2D eigenvalue weighted by atomic mass is 10.1. The minimum atomic E-state index is -1.09. The van der Waals surface area contributed by atoms with E-state index in [1.807, 2.05) is 24.5 Å². The molecule has 172 valence electrons. The molecule has 1 aliphatic heterocycles. The third-order valence-corrected chi connectivity index (χ3v) is 6.22. The van der Waals surface area contributed by atoms with Crippen LogP contribution in [0, 0.1) is 13.8 Å². The van der Waals surface area contributed by atoms with Crippen LogP contribution in [0.2, 0.25) is 10.0 Å². The summed E-state index contributed by atoms with van der Waals surface area (Å²) in [4.78, 5) is 38.2. The molecule has 2 heterocycles. The predicted molar refractivity (Wildman–Crippen MR) is 135 cm³/mol. The number of hydrogen-bond donors (Lipinski definition) is 2. The highest BCUT2D eigenvalue weighted by molar-refractivity contribution is 7.80. The molecule has 0 unspecified atom stereocenters. The van der Waals surface area contributed by atoms with Crippen LogP contribution in [0.3, 0.4) is 0 Å². The number of aromatic nitrogens is 1. The topological polar surface area (TPSA) is 91.6 Å². The van der Waals surface area contributed by atoms with Crippen molar-refractivity contribution in [2.45, 2.75) is 13.8 Å². The smallest absolute Gasteiger partial charge is 0.335 e. The largest absolute Gasteiger partial charge is 0.478 e. The second-order valence-electron chi connectivity index (χ2n) is 7.57. The van der Waals surface area contributed by atoms with Crippen molar-refractivity contribution in [2.75, 3.05) is 4.90 Å². The molecule has 10 heteroatoms. The molecule has 7 nitrogen and oxygen atoms in total. The molecule has 4 rings (SSSR count). The van der Waals surface area contributed by atoms with Gasteiger partial charge in [-0.25, -0.2) is 4.79 Å². The first kappa shape index (κ1) is 23.7. The van der Waals surface area contributed by atoms with Gasteiger partial charge in [0.25, 0.3) is 11.8 Å². The fourth-order valence-electron chi connectivity index (χ4n) is 3.77. The molecule has 1 fully saturated rings. The van der Waals surface area contributed by atoms with E-state index in [2.05, 4.69) is 5.32 Å². The van der Waals surface area contributed by atoms with Crippen LogP contribution in [0.15, 0.2) is 54.1 Å². The maximum absolute atomic E-state index is 13.3. The van der Waals surface area contributed by atoms with Crippen molar-refractivity contribution in [3.63, 3.8) is 0 Å². The molecule has 34 heavy (non-hydrogen) atoms. The monoisotopic (exact) mass is 513 g/mol. The minimum absolute atomic E-state index is 0.0622. The van der Waals surface area contributed by atoms with Crippen LogP contribution in [-0.4, -0.2) is 32.6 Å². The molecule has 0 saturated carbocycles. The molecule has 0 aliphatic carbocycles. The number of carboxylic acids is 1. The zero-order chi connectivity index (χ0) is 24.7. The molecule has 1 aromatic heterocycles. The van der Waals surface area contributed by atoms with Gasteiger partial charge in [0.1, 0.15) is 5.57 Å². The Morgan fingerprint density at radius 2 is 1.74 bits per heavy atom. The average molecular weight is 514 g/mol. The Hall–Kier alpha value is -3.46. The molecular weight excluding hydrogens is 497 g/mol. The van der Waals surface area contributed by atoms with E-state index < -0.39 is 17.8 Å². The van der Waals surface area contributed by atoms with Gasteiger partial charge in [-0.1, -0.05) is 23.2 Å². The molecule has 0 radical (unpaired) electrons. The van der Waals surface area contributed by atoms with E-state index in [9.17, 15) is 14.4 Å². The molecule has 2 aromatic carbocycles. The molecule has 2 N–H and O–H groups in total. The number of aryl methyl sites for hydroxylation is 1. The molecular formula is C24H17Cl2N3O4S. The summed E-state index contributed by atoms with van der Waals surface area (Å²) >= 11 is 17.6. The maximum atomic E-state index is 13.3. The number of aromatic carboxylic acids is 1. The second-order valence-corrected chi connectivity index (χ2v) is 8.80. The summed E-state index contributed by atoms with van der Waals surface area (Å²) in [5, 5.41) is 12.5. The van der Waals surface area contributed by atoms with Crippen molar-refractivity contribution < 1.29 is 19.5 Å². The van der Waals surface area contributed by atoms with E-state index in [0.717, 1.165) is 16.3 Å². The number of anilines is 1. The number of halogens is 2. The first-order chi connectivity index (χ1) is 16.1. The van der Waals surface area contributed by atoms with E-state index in [1.54, 1.807) is 18.2 Å². The van der Waals surface area contributed by atoms with Crippen LogP contribution in [0.25, 0.3) is 11.8 Å². The zero-order valence-electron chi connectivity index (χ0n) is 17.9. The van der Waals surface area contributed by atoms with Crippen LogP contribution in [-0.2, 0) is 9.59 Å². The number of carbonyl (C=O) groups is 3. The fourth-order valence-corrected chi connectivity index (χ4v) is 4.54. The third-order valence-electron chi connectivity index (χ3n) is 5.39. The Morgan fingerprint density at radius 1 is 1.06 bits per heavy atom. The maximum Gasteiger partial charge on any atom is 0.335 e. The van der Waals surface area contributed by atoms with Gasteiger partial charge in [-0.15, -0.1) is 0 Å². The number of thiocarbonyl (C=S) groups is 1. The number of amides is 2. The van der Waals surface area contributed by atoms with Crippen LogP contribution in [0.1, 0.15) is 27.3 Å². The SMILES string of the molecule is Cc1cc(/C=C2\C(=O)NC(=S)N(c3ccc(C(=O)O)cc3)C2=O)c(C)n1-c1ccc(Cl)cc1Cl. The van der Waals surface area contributed by atoms with Gasteiger partial charge in [-0.3, -0.25) is 19.8 Å². The standard InChI is InChI=1S/C24H17Cl2N3O4S/c1-12-9-15(13(2)28(12)20-8-5-16(25)11-19(20)26)10-18-21(30)27-24(34)29(22(18)31)17-6-3-14(4-7-17)23(32)33/h3-11H,1-2H3,(H,32,33)(H,27,30,34)/b18-10+. The van der Waals surface area contributed by atoms with Crippen molar-refractivity contribution >= 4 is 70.1 Å². The Labute approximate surface area is 210 Å². The summed E-state index contributed by atoms with van der Waals surface area (Å²) < 4.78 is 1.91. The fraction of sp³-hybridized carbons (Fsp3) is 0.0833. The van der Waals surface area contributed by atoms with E-state index >= 15 is 0 Å². The van der Waals surface area contributed by atoms with Crippen molar-refractivity contribution in [1.29, 1.82) is 0 Å². The normalized spacial score (nSPS) is 15.1. The van der Waals surface area contributed by atoms with Gasteiger partial charge in [0, 0.05) is 16.4 Å². The highest BCUT2D eigenvalue weighted by atomic mass is 35.5. The summed E-state index contributed by atoms with van der Waals surface area (Å²) in [6.45, 7) is 3.73. The first-order valence-corrected chi connectivity index (χ1v) is 11.1. The third kappa shape index (κ3) is 4.23. The summed E-state index contributed by atoms with van der Waals surface area (Å²) in [6.07, 6.45) is 1.50. The average Bonchev–Trinajstić information content (AvgIpc) is 3.04. The van der Waals surface area contributed by atoms with E-state index in [0.29, 0.717) is 27.0 Å². The molecule has 1 saturated heterocycles. The molecule has 2 amide bonds. The van der Waals surface area contributed by atoms with Gasteiger partial charge in [-0.2, -0.15) is 0 Å². The van der Waals surface area contributed by atoms with Gasteiger partial charge in [-0.05, 0) is 86.2 Å². The van der Waals surface area contributed by atoms with Gasteiger partial charge in [0.05, 0.1) is 22.0 Å². The summed E-state index contributed by atoms with van der Waals surface area (Å²) in [6, 6.07) is 12.6. The van der Waals surface area contributed by atoms with Crippen molar-refractivity contribution in [3.05, 3.63) is 86.7 Å². The number of rotatable bonds is 4. The van der Waals surface area contributed by atoms with Gasteiger partial charge in [0.2, 0.25) is 0 Å². The van der Waals surface area contributed by atoms with Gasteiger partial charge < -0.3 is 9.67 Å². The number of carboxylic acid groups (broad SMARTS) is 1. The Morgan fingerprint density at radius 3 is 2.35 bits per heavy atom. The molecule has 0 bridgehead atoms. The highest BCUT2D eigenvalue weighted by Gasteiger charge is 2.34. The molecule has 0 spiro atoms. The molecule has 3 aromatic rings. The Bertz CT molecular complexity index is 1410. The number of hydrogen-bond acceptors (Lipinski definition) is 4. The van der Waals surface area contributed by atoms with Crippen molar-refractivity contribution in [3.8, 4) is 5.69 Å². The Kier molecular flexibility index (Phi) is 6.31. The quantitative estimate of drug-likeness (QED) is 0.293. The predicted octanol–water partition coefficient (Wildman–Crippen LogP) is 4.93. The van der Waals surface area contributed by atoms with E-state index in [-0.39, 0.29) is 16.2 Å². The Balaban J connectivity index is 1.75. The van der Waals surface area contributed by atoms with Gasteiger partial charge >= 0.3 is 5.97 Å². The first-order valence-electron chi connectivity index (χ1n) is 9.97. The van der Waals surface area contributed by atoms with Gasteiger partial charge in [0.15, 0.2) is 5.11 Å².